The molecule has 0 saturated heterocycles. The van der Waals surface area contributed by atoms with Crippen molar-refractivity contribution in [2.75, 3.05) is 17.3 Å². The van der Waals surface area contributed by atoms with Gasteiger partial charge in [0.2, 0.25) is 5.95 Å². The van der Waals surface area contributed by atoms with Crippen LogP contribution < -0.4 is 10.2 Å². The first-order chi connectivity index (χ1) is 11.2. The van der Waals surface area contributed by atoms with Crippen LogP contribution in [-0.4, -0.2) is 17.0 Å². The van der Waals surface area contributed by atoms with E-state index >= 15 is 0 Å². The highest BCUT2D eigenvalue weighted by Crippen LogP contribution is 2.16. The summed E-state index contributed by atoms with van der Waals surface area (Å²) in [6.07, 6.45) is 1.67. The Morgan fingerprint density at radius 3 is 2.65 bits per heavy atom. The van der Waals surface area contributed by atoms with E-state index in [1.165, 1.54) is 5.56 Å². The second-order valence-electron chi connectivity index (χ2n) is 5.47. The number of furan rings is 1. The van der Waals surface area contributed by atoms with E-state index in [4.69, 9.17) is 4.42 Å². The molecule has 5 heteroatoms. The fourth-order valence-electron chi connectivity index (χ4n) is 2.33. The summed E-state index contributed by atoms with van der Waals surface area (Å²) in [5.41, 5.74) is 2.15. The van der Waals surface area contributed by atoms with Crippen LogP contribution in [0.25, 0.3) is 0 Å². The summed E-state index contributed by atoms with van der Waals surface area (Å²) >= 11 is 0. The van der Waals surface area contributed by atoms with Crippen molar-refractivity contribution in [2.45, 2.75) is 20.0 Å². The lowest BCUT2D eigenvalue weighted by Crippen LogP contribution is -2.20. The van der Waals surface area contributed by atoms with Crippen LogP contribution in [0, 0.1) is 6.92 Å². The van der Waals surface area contributed by atoms with Crippen molar-refractivity contribution in [3.8, 4) is 0 Å². The molecule has 0 amide bonds. The number of hydrogen-bond donors (Lipinski definition) is 1. The normalized spacial score (nSPS) is 10.5. The molecule has 0 saturated carbocycles. The van der Waals surface area contributed by atoms with E-state index in [0.717, 1.165) is 23.8 Å². The molecule has 23 heavy (non-hydrogen) atoms. The van der Waals surface area contributed by atoms with Gasteiger partial charge in [0.05, 0.1) is 12.8 Å². The van der Waals surface area contributed by atoms with Gasteiger partial charge in [-0.15, -0.1) is 0 Å². The highest BCUT2D eigenvalue weighted by molar-refractivity contribution is 5.43. The summed E-state index contributed by atoms with van der Waals surface area (Å²) in [5, 5.41) is 3.28. The maximum atomic E-state index is 5.33. The van der Waals surface area contributed by atoms with Gasteiger partial charge in [-0.3, -0.25) is 0 Å². The van der Waals surface area contributed by atoms with Gasteiger partial charge in [0.15, 0.2) is 0 Å². The zero-order valence-electron chi connectivity index (χ0n) is 13.4. The molecule has 0 aliphatic rings. The number of hydrogen-bond acceptors (Lipinski definition) is 5. The van der Waals surface area contributed by atoms with Gasteiger partial charge in [0.25, 0.3) is 0 Å². The zero-order valence-corrected chi connectivity index (χ0v) is 13.4. The average Bonchev–Trinajstić information content (AvgIpc) is 3.07. The van der Waals surface area contributed by atoms with E-state index < -0.39 is 0 Å². The van der Waals surface area contributed by atoms with Gasteiger partial charge in [-0.2, -0.15) is 4.98 Å². The minimum atomic E-state index is 0.602. The Labute approximate surface area is 136 Å². The van der Waals surface area contributed by atoms with E-state index in [1.807, 2.05) is 55.3 Å². The molecule has 5 nitrogen and oxygen atoms in total. The molecule has 2 aromatic heterocycles. The molecular weight excluding hydrogens is 288 g/mol. The van der Waals surface area contributed by atoms with E-state index in [1.54, 1.807) is 6.26 Å². The van der Waals surface area contributed by atoms with Crippen LogP contribution in [0.1, 0.15) is 17.0 Å². The van der Waals surface area contributed by atoms with Crippen LogP contribution in [0.3, 0.4) is 0 Å². The fourth-order valence-corrected chi connectivity index (χ4v) is 2.33. The van der Waals surface area contributed by atoms with Crippen molar-refractivity contribution in [2.24, 2.45) is 0 Å². The predicted molar refractivity (Wildman–Crippen MR) is 91.4 cm³/mol. The zero-order chi connectivity index (χ0) is 16.1. The van der Waals surface area contributed by atoms with Gasteiger partial charge in [-0.1, -0.05) is 30.3 Å². The van der Waals surface area contributed by atoms with Gasteiger partial charge < -0.3 is 14.6 Å². The van der Waals surface area contributed by atoms with Gasteiger partial charge >= 0.3 is 0 Å². The molecular formula is C18H20N4O. The van der Waals surface area contributed by atoms with Crippen molar-refractivity contribution in [3.63, 3.8) is 0 Å². The first kappa shape index (κ1) is 15.1. The Balaban J connectivity index is 1.71. The van der Waals surface area contributed by atoms with Crippen LogP contribution in [0.5, 0.6) is 0 Å². The van der Waals surface area contributed by atoms with Gasteiger partial charge in [0.1, 0.15) is 11.6 Å². The third kappa shape index (κ3) is 4.10. The van der Waals surface area contributed by atoms with E-state index in [9.17, 15) is 0 Å². The lowest BCUT2D eigenvalue weighted by atomic mass is 10.2. The first-order valence-electron chi connectivity index (χ1n) is 7.58. The van der Waals surface area contributed by atoms with E-state index in [0.29, 0.717) is 12.5 Å². The van der Waals surface area contributed by atoms with Gasteiger partial charge in [0, 0.05) is 25.4 Å². The van der Waals surface area contributed by atoms with E-state index in [2.05, 4.69) is 27.4 Å². The van der Waals surface area contributed by atoms with Crippen LogP contribution >= 0.6 is 0 Å². The van der Waals surface area contributed by atoms with Gasteiger partial charge in [-0.25, -0.2) is 4.98 Å². The number of nitrogens with zero attached hydrogens (tertiary/aromatic N) is 3. The summed E-state index contributed by atoms with van der Waals surface area (Å²) in [6, 6.07) is 16.0. The molecule has 1 aromatic carbocycles. The lowest BCUT2D eigenvalue weighted by Gasteiger charge is -2.18. The molecule has 0 atom stereocenters. The Morgan fingerprint density at radius 2 is 1.91 bits per heavy atom. The molecule has 0 bridgehead atoms. The molecule has 0 aliphatic carbocycles. The Bertz CT molecular complexity index is 741. The van der Waals surface area contributed by atoms with Crippen LogP contribution in [0.15, 0.2) is 59.2 Å². The number of rotatable bonds is 6. The maximum absolute atomic E-state index is 5.33. The van der Waals surface area contributed by atoms with Crippen LogP contribution in [0.4, 0.5) is 11.8 Å². The molecule has 0 fully saturated rings. The van der Waals surface area contributed by atoms with Crippen molar-refractivity contribution >= 4 is 11.8 Å². The second kappa shape index (κ2) is 6.96. The fraction of sp³-hybridized carbons (Fsp3) is 0.222. The average molecular weight is 308 g/mol. The maximum Gasteiger partial charge on any atom is 0.227 e. The van der Waals surface area contributed by atoms with Crippen molar-refractivity contribution in [3.05, 3.63) is 71.8 Å². The topological polar surface area (TPSA) is 54.2 Å². The number of nitrogens with one attached hydrogen (secondary N) is 1. The third-order valence-corrected chi connectivity index (χ3v) is 3.47. The predicted octanol–water partition coefficient (Wildman–Crippen LogP) is 3.63. The van der Waals surface area contributed by atoms with Crippen molar-refractivity contribution in [1.29, 1.82) is 0 Å². The second-order valence-corrected chi connectivity index (χ2v) is 5.47. The quantitative estimate of drug-likeness (QED) is 0.753. The Hall–Kier alpha value is -2.82. The molecule has 0 radical (unpaired) electrons. The SMILES string of the molecule is Cc1cc(NCc2ccco2)nc(N(C)Cc2ccccc2)n1. The smallest absolute Gasteiger partial charge is 0.227 e. The number of aryl methyl sites for hydroxylation is 1. The van der Waals surface area contributed by atoms with Crippen molar-refractivity contribution < 1.29 is 4.42 Å². The Morgan fingerprint density at radius 1 is 1.09 bits per heavy atom. The highest BCUT2D eigenvalue weighted by atomic mass is 16.3. The third-order valence-electron chi connectivity index (χ3n) is 3.47. The Kier molecular flexibility index (Phi) is 4.57. The van der Waals surface area contributed by atoms with Crippen LogP contribution in [0.2, 0.25) is 0 Å². The largest absolute Gasteiger partial charge is 0.467 e. The molecule has 0 spiro atoms. The van der Waals surface area contributed by atoms with Crippen molar-refractivity contribution in [1.82, 2.24) is 9.97 Å². The molecule has 3 rings (SSSR count). The highest BCUT2D eigenvalue weighted by Gasteiger charge is 2.08. The van der Waals surface area contributed by atoms with Crippen LogP contribution in [-0.2, 0) is 13.1 Å². The molecule has 118 valence electrons. The molecule has 0 aliphatic heterocycles. The van der Waals surface area contributed by atoms with Gasteiger partial charge in [-0.05, 0) is 24.6 Å². The minimum Gasteiger partial charge on any atom is -0.467 e. The number of aromatic nitrogens is 2. The molecule has 0 unspecified atom stereocenters. The molecule has 3 aromatic rings. The standard InChI is InChI=1S/C18H20N4O/c1-14-11-17(19-12-16-9-6-10-23-16)21-18(20-14)22(2)13-15-7-4-3-5-8-15/h3-11H,12-13H2,1-2H3,(H,19,20,21). The summed E-state index contributed by atoms with van der Waals surface area (Å²) in [7, 11) is 2.00. The minimum absolute atomic E-state index is 0.602. The summed E-state index contributed by atoms with van der Waals surface area (Å²) in [4.78, 5) is 11.2. The summed E-state index contributed by atoms with van der Waals surface area (Å²) in [5.74, 6) is 2.38. The molecule has 1 N–H and O–H groups in total. The van der Waals surface area contributed by atoms with E-state index in [-0.39, 0.29) is 0 Å². The number of benzene rings is 1. The number of anilines is 2. The monoisotopic (exact) mass is 308 g/mol. The lowest BCUT2D eigenvalue weighted by molar-refractivity contribution is 0.518. The summed E-state index contributed by atoms with van der Waals surface area (Å²) in [6.45, 7) is 3.34. The summed E-state index contributed by atoms with van der Waals surface area (Å²) < 4.78 is 5.33. The first-order valence-corrected chi connectivity index (χ1v) is 7.58. The molecule has 2 heterocycles.